The van der Waals surface area contributed by atoms with Crippen LogP contribution in [0, 0.1) is 19.8 Å². The molecule has 1 aliphatic heterocycles. The summed E-state index contributed by atoms with van der Waals surface area (Å²) in [5.41, 5.74) is 3.16. The number of aromatic nitrogens is 1. The molecule has 3 rings (SSSR count). The van der Waals surface area contributed by atoms with Gasteiger partial charge >= 0.3 is 0 Å². The zero-order valence-corrected chi connectivity index (χ0v) is 13.3. The number of piperidine rings is 1. The second-order valence-electron chi connectivity index (χ2n) is 6.78. The van der Waals surface area contributed by atoms with E-state index in [4.69, 9.17) is 0 Å². The molecule has 1 saturated heterocycles. The molecule has 4 heteroatoms. The minimum Gasteiger partial charge on any atom is -0.393 e. The van der Waals surface area contributed by atoms with Crippen LogP contribution < -0.4 is 0 Å². The SMILES string of the molecule is Cc1cc(C(=O)N2CCCC(C(C)O)C2)c(C)n1C1CC1. The van der Waals surface area contributed by atoms with Gasteiger partial charge in [0.1, 0.15) is 0 Å². The van der Waals surface area contributed by atoms with Crippen molar-refractivity contribution in [3.05, 3.63) is 23.0 Å². The average Bonchev–Trinajstić information content (AvgIpc) is 3.24. The summed E-state index contributed by atoms with van der Waals surface area (Å²) in [6, 6.07) is 2.65. The van der Waals surface area contributed by atoms with Crippen molar-refractivity contribution in [1.29, 1.82) is 0 Å². The molecule has 1 aliphatic carbocycles. The molecule has 1 saturated carbocycles. The van der Waals surface area contributed by atoms with Crippen LogP contribution in [0.25, 0.3) is 0 Å². The molecule has 1 aromatic heterocycles. The number of likely N-dealkylation sites (tertiary alicyclic amines) is 1. The van der Waals surface area contributed by atoms with Gasteiger partial charge in [-0.05, 0) is 52.5 Å². The number of aliphatic hydroxyl groups is 1. The minimum absolute atomic E-state index is 0.139. The van der Waals surface area contributed by atoms with Gasteiger partial charge < -0.3 is 14.6 Å². The van der Waals surface area contributed by atoms with Crippen molar-refractivity contribution in [3.8, 4) is 0 Å². The van der Waals surface area contributed by atoms with Crippen molar-refractivity contribution in [2.45, 2.75) is 58.6 Å². The third kappa shape index (κ3) is 2.73. The number of carbonyl (C=O) groups excluding carboxylic acids is 1. The van der Waals surface area contributed by atoms with Gasteiger partial charge in [0.15, 0.2) is 0 Å². The van der Waals surface area contributed by atoms with E-state index >= 15 is 0 Å². The first kappa shape index (κ1) is 14.6. The zero-order valence-electron chi connectivity index (χ0n) is 13.3. The lowest BCUT2D eigenvalue weighted by atomic mass is 9.93. The molecule has 21 heavy (non-hydrogen) atoms. The molecule has 1 amide bonds. The Morgan fingerprint density at radius 1 is 1.33 bits per heavy atom. The van der Waals surface area contributed by atoms with E-state index in [9.17, 15) is 9.90 Å². The highest BCUT2D eigenvalue weighted by atomic mass is 16.3. The first-order valence-electron chi connectivity index (χ1n) is 8.14. The van der Waals surface area contributed by atoms with Gasteiger partial charge in [0.2, 0.25) is 0 Å². The molecular formula is C17H26N2O2. The summed E-state index contributed by atoms with van der Waals surface area (Å²) in [6.07, 6.45) is 4.14. The zero-order chi connectivity index (χ0) is 15.1. The topological polar surface area (TPSA) is 45.5 Å². The quantitative estimate of drug-likeness (QED) is 0.930. The van der Waals surface area contributed by atoms with Gasteiger partial charge in [0, 0.05) is 36.4 Å². The Morgan fingerprint density at radius 3 is 2.67 bits per heavy atom. The van der Waals surface area contributed by atoms with Crippen LogP contribution in [0.15, 0.2) is 6.07 Å². The smallest absolute Gasteiger partial charge is 0.255 e. The van der Waals surface area contributed by atoms with Crippen molar-refractivity contribution in [3.63, 3.8) is 0 Å². The highest BCUT2D eigenvalue weighted by molar-refractivity contribution is 5.95. The molecule has 2 aliphatic rings. The second-order valence-corrected chi connectivity index (χ2v) is 6.78. The fourth-order valence-electron chi connectivity index (χ4n) is 3.65. The molecule has 0 aromatic carbocycles. The summed E-state index contributed by atoms with van der Waals surface area (Å²) < 4.78 is 2.32. The van der Waals surface area contributed by atoms with E-state index in [0.29, 0.717) is 12.6 Å². The van der Waals surface area contributed by atoms with Crippen LogP contribution >= 0.6 is 0 Å². The molecule has 0 bridgehead atoms. The standard InChI is InChI=1S/C17H26N2O2/c1-11-9-16(12(2)19(11)15-6-7-15)17(21)18-8-4-5-14(10-18)13(3)20/h9,13-15,20H,4-8,10H2,1-3H3. The van der Waals surface area contributed by atoms with Gasteiger partial charge in [-0.3, -0.25) is 4.79 Å². The van der Waals surface area contributed by atoms with Gasteiger partial charge in [-0.15, -0.1) is 0 Å². The number of amides is 1. The molecule has 2 atom stereocenters. The number of nitrogens with zero attached hydrogens (tertiary/aromatic N) is 2. The van der Waals surface area contributed by atoms with Gasteiger partial charge in [-0.1, -0.05) is 0 Å². The monoisotopic (exact) mass is 290 g/mol. The Bertz CT molecular complexity index is 543. The predicted molar refractivity (Wildman–Crippen MR) is 82.5 cm³/mol. The fraction of sp³-hybridized carbons (Fsp3) is 0.706. The summed E-state index contributed by atoms with van der Waals surface area (Å²) in [4.78, 5) is 14.8. The number of aliphatic hydroxyl groups excluding tert-OH is 1. The van der Waals surface area contributed by atoms with Crippen molar-refractivity contribution < 1.29 is 9.90 Å². The van der Waals surface area contributed by atoms with Crippen LogP contribution in [-0.2, 0) is 0 Å². The highest BCUT2D eigenvalue weighted by Crippen LogP contribution is 2.38. The molecule has 0 radical (unpaired) electrons. The maximum absolute atomic E-state index is 12.8. The molecule has 2 unspecified atom stereocenters. The van der Waals surface area contributed by atoms with E-state index < -0.39 is 0 Å². The molecule has 116 valence electrons. The number of rotatable bonds is 3. The van der Waals surface area contributed by atoms with Gasteiger partial charge in [0.25, 0.3) is 5.91 Å². The summed E-state index contributed by atoms with van der Waals surface area (Å²) in [5.74, 6) is 0.356. The molecule has 0 spiro atoms. The highest BCUT2D eigenvalue weighted by Gasteiger charge is 2.31. The van der Waals surface area contributed by atoms with E-state index in [1.165, 1.54) is 18.5 Å². The molecular weight excluding hydrogens is 264 g/mol. The number of hydrogen-bond donors (Lipinski definition) is 1. The molecule has 2 heterocycles. The summed E-state index contributed by atoms with van der Waals surface area (Å²) in [6.45, 7) is 7.49. The lowest BCUT2D eigenvalue weighted by molar-refractivity contribution is 0.0465. The van der Waals surface area contributed by atoms with Crippen LogP contribution in [0.4, 0.5) is 0 Å². The average molecular weight is 290 g/mol. The Balaban J connectivity index is 1.80. The van der Waals surface area contributed by atoms with Crippen molar-refractivity contribution >= 4 is 5.91 Å². The maximum Gasteiger partial charge on any atom is 0.255 e. The molecule has 1 aromatic rings. The van der Waals surface area contributed by atoms with Crippen molar-refractivity contribution in [2.75, 3.05) is 13.1 Å². The fourth-order valence-corrected chi connectivity index (χ4v) is 3.65. The number of aryl methyl sites for hydroxylation is 1. The third-order valence-electron chi connectivity index (χ3n) is 5.05. The van der Waals surface area contributed by atoms with Crippen LogP contribution in [0.1, 0.15) is 60.4 Å². The number of hydrogen-bond acceptors (Lipinski definition) is 2. The summed E-state index contributed by atoms with van der Waals surface area (Å²) in [7, 11) is 0. The molecule has 1 N–H and O–H groups in total. The van der Waals surface area contributed by atoms with E-state index in [-0.39, 0.29) is 17.9 Å². The van der Waals surface area contributed by atoms with Crippen LogP contribution in [-0.4, -0.2) is 39.7 Å². The van der Waals surface area contributed by atoms with E-state index in [1.807, 2.05) is 17.9 Å². The lowest BCUT2D eigenvalue weighted by Gasteiger charge is -2.34. The Kier molecular flexibility index (Phi) is 3.82. The van der Waals surface area contributed by atoms with Crippen molar-refractivity contribution in [1.82, 2.24) is 9.47 Å². The first-order chi connectivity index (χ1) is 9.99. The Morgan fingerprint density at radius 2 is 2.05 bits per heavy atom. The first-order valence-corrected chi connectivity index (χ1v) is 8.14. The third-order valence-corrected chi connectivity index (χ3v) is 5.05. The normalized spacial score (nSPS) is 24.2. The van der Waals surface area contributed by atoms with E-state index in [2.05, 4.69) is 18.4 Å². The summed E-state index contributed by atoms with van der Waals surface area (Å²) in [5, 5.41) is 9.79. The van der Waals surface area contributed by atoms with E-state index in [1.54, 1.807) is 0 Å². The maximum atomic E-state index is 12.8. The molecule has 2 fully saturated rings. The summed E-state index contributed by atoms with van der Waals surface area (Å²) >= 11 is 0. The Labute approximate surface area is 126 Å². The lowest BCUT2D eigenvalue weighted by Crippen LogP contribution is -2.43. The van der Waals surface area contributed by atoms with Gasteiger partial charge in [0.05, 0.1) is 11.7 Å². The molecule has 4 nitrogen and oxygen atoms in total. The number of carbonyl (C=O) groups is 1. The van der Waals surface area contributed by atoms with Crippen LogP contribution in [0.2, 0.25) is 0 Å². The minimum atomic E-state index is -0.334. The Hall–Kier alpha value is -1.29. The van der Waals surface area contributed by atoms with Crippen LogP contribution in [0.5, 0.6) is 0 Å². The van der Waals surface area contributed by atoms with Gasteiger partial charge in [-0.2, -0.15) is 0 Å². The second kappa shape index (κ2) is 5.48. The predicted octanol–water partition coefficient (Wildman–Crippen LogP) is 2.67. The largest absolute Gasteiger partial charge is 0.393 e. The van der Waals surface area contributed by atoms with E-state index in [0.717, 1.165) is 30.6 Å². The van der Waals surface area contributed by atoms with Crippen LogP contribution in [0.3, 0.4) is 0 Å². The van der Waals surface area contributed by atoms with Crippen molar-refractivity contribution in [2.24, 2.45) is 5.92 Å². The van der Waals surface area contributed by atoms with Gasteiger partial charge in [-0.25, -0.2) is 0 Å².